The average molecular weight is 478 g/mol. The van der Waals surface area contributed by atoms with Gasteiger partial charge >= 0.3 is 11.9 Å². The van der Waals surface area contributed by atoms with Crippen LogP contribution in [-0.2, 0) is 19.1 Å². The second-order valence-corrected chi connectivity index (χ2v) is 9.66. The number of piperidine rings is 1. The van der Waals surface area contributed by atoms with E-state index in [2.05, 4.69) is 10.6 Å². The number of ether oxygens (including phenoxy) is 1. The van der Waals surface area contributed by atoms with Gasteiger partial charge in [0.25, 0.3) is 0 Å². The maximum Gasteiger partial charge on any atom is 0.323 e. The van der Waals surface area contributed by atoms with Gasteiger partial charge in [-0.15, -0.1) is 11.8 Å². The standard InChI is InChI=1S/C24H35N3O5S/c1-2-32-24(31)18(8-4-3-7-17-11-13-25-14-12-17)26-19-16-33-21-10-6-5-9-20(21)27(23(19)30)15-22(28)29/h5-6,9-10,17-19,25-26H,2-4,7-8,11-16H2,1H3,(H,28,29)/t18-,19?/m1/s1. The molecule has 0 aliphatic carbocycles. The van der Waals surface area contributed by atoms with E-state index in [1.807, 2.05) is 12.1 Å². The number of fused-ring (bicyclic) bond motifs is 1. The normalized spacial score (nSPS) is 20.1. The van der Waals surface area contributed by atoms with Crippen molar-refractivity contribution >= 4 is 35.3 Å². The summed E-state index contributed by atoms with van der Waals surface area (Å²) in [4.78, 5) is 39.6. The number of rotatable bonds is 11. The Kier molecular flexibility index (Phi) is 10.0. The maximum absolute atomic E-state index is 13.3. The number of unbranched alkanes of at least 4 members (excludes halogenated alkanes) is 1. The highest BCUT2D eigenvalue weighted by Gasteiger charge is 2.34. The lowest BCUT2D eigenvalue weighted by Crippen LogP contribution is -2.54. The quantitative estimate of drug-likeness (QED) is 0.330. The molecule has 1 fully saturated rings. The van der Waals surface area contributed by atoms with Gasteiger partial charge in [0.1, 0.15) is 12.6 Å². The summed E-state index contributed by atoms with van der Waals surface area (Å²) in [5.41, 5.74) is 0.592. The maximum atomic E-state index is 13.3. The molecule has 2 heterocycles. The Morgan fingerprint density at radius 3 is 2.76 bits per heavy atom. The van der Waals surface area contributed by atoms with Gasteiger partial charge in [-0.05, 0) is 57.3 Å². The van der Waals surface area contributed by atoms with Gasteiger partial charge in [0.05, 0.1) is 18.3 Å². The monoisotopic (exact) mass is 477 g/mol. The Morgan fingerprint density at radius 2 is 2.03 bits per heavy atom. The van der Waals surface area contributed by atoms with Crippen LogP contribution in [0.25, 0.3) is 0 Å². The molecule has 1 aromatic rings. The molecule has 1 amide bonds. The molecule has 33 heavy (non-hydrogen) atoms. The Bertz CT molecular complexity index is 815. The Morgan fingerprint density at radius 1 is 1.27 bits per heavy atom. The number of benzene rings is 1. The predicted molar refractivity (Wildman–Crippen MR) is 129 cm³/mol. The first-order valence-electron chi connectivity index (χ1n) is 11.9. The lowest BCUT2D eigenvalue weighted by Gasteiger charge is -2.27. The van der Waals surface area contributed by atoms with Gasteiger partial charge in [-0.3, -0.25) is 24.6 Å². The predicted octanol–water partition coefficient (Wildman–Crippen LogP) is 2.66. The van der Waals surface area contributed by atoms with Crippen molar-refractivity contribution in [1.29, 1.82) is 0 Å². The van der Waals surface area contributed by atoms with Crippen LogP contribution >= 0.6 is 11.8 Å². The molecule has 182 valence electrons. The third-order valence-electron chi connectivity index (χ3n) is 6.21. The number of carbonyl (C=O) groups excluding carboxylic acids is 2. The minimum Gasteiger partial charge on any atom is -0.480 e. The highest BCUT2D eigenvalue weighted by atomic mass is 32.2. The van der Waals surface area contributed by atoms with Gasteiger partial charge in [-0.1, -0.05) is 31.4 Å². The molecule has 1 aromatic carbocycles. The third-order valence-corrected chi connectivity index (χ3v) is 7.36. The first-order chi connectivity index (χ1) is 16.0. The summed E-state index contributed by atoms with van der Waals surface area (Å²) in [5, 5.41) is 16.0. The van der Waals surface area contributed by atoms with Crippen molar-refractivity contribution < 1.29 is 24.2 Å². The average Bonchev–Trinajstić information content (AvgIpc) is 2.93. The van der Waals surface area contributed by atoms with Crippen LogP contribution in [0.4, 0.5) is 5.69 Å². The number of para-hydroxylation sites is 1. The molecule has 1 unspecified atom stereocenters. The summed E-state index contributed by atoms with van der Waals surface area (Å²) < 4.78 is 5.28. The summed E-state index contributed by atoms with van der Waals surface area (Å²) in [6.45, 7) is 3.78. The highest BCUT2D eigenvalue weighted by molar-refractivity contribution is 7.99. The number of anilines is 1. The number of nitrogens with one attached hydrogen (secondary N) is 2. The number of nitrogens with zero attached hydrogens (tertiary/aromatic N) is 1. The second kappa shape index (κ2) is 13.0. The number of carboxylic acids is 1. The van der Waals surface area contributed by atoms with E-state index < -0.39 is 24.6 Å². The molecule has 1 saturated heterocycles. The summed E-state index contributed by atoms with van der Waals surface area (Å²) in [6, 6.07) is 6.02. The molecule has 0 spiro atoms. The van der Waals surface area contributed by atoms with Crippen molar-refractivity contribution in [1.82, 2.24) is 10.6 Å². The smallest absolute Gasteiger partial charge is 0.323 e. The van der Waals surface area contributed by atoms with Crippen molar-refractivity contribution in [3.63, 3.8) is 0 Å². The van der Waals surface area contributed by atoms with E-state index in [0.29, 0.717) is 17.9 Å². The number of carboxylic acid groups (broad SMARTS) is 1. The molecule has 2 atom stereocenters. The first-order valence-corrected chi connectivity index (χ1v) is 12.9. The third kappa shape index (κ3) is 7.45. The van der Waals surface area contributed by atoms with Crippen molar-refractivity contribution in [2.24, 2.45) is 5.92 Å². The zero-order valence-corrected chi connectivity index (χ0v) is 20.1. The van der Waals surface area contributed by atoms with Crippen molar-refractivity contribution in [3.05, 3.63) is 24.3 Å². The van der Waals surface area contributed by atoms with E-state index in [0.717, 1.165) is 43.2 Å². The fourth-order valence-electron chi connectivity index (χ4n) is 4.48. The van der Waals surface area contributed by atoms with E-state index in [4.69, 9.17) is 4.74 Å². The molecule has 0 aromatic heterocycles. The SMILES string of the molecule is CCOC(=O)[C@@H](CCCCC1CCNCC1)NC1CSc2ccccc2N(CC(=O)O)C1=O. The van der Waals surface area contributed by atoms with Crippen LogP contribution in [0.3, 0.4) is 0 Å². The molecule has 2 aliphatic heterocycles. The van der Waals surface area contributed by atoms with Gasteiger partial charge < -0.3 is 15.2 Å². The zero-order chi connectivity index (χ0) is 23.6. The Balaban J connectivity index is 1.65. The molecular formula is C24H35N3O5S. The number of thioether (sulfide) groups is 1. The summed E-state index contributed by atoms with van der Waals surface area (Å²) in [6.07, 6.45) is 6.04. The van der Waals surface area contributed by atoms with Gasteiger partial charge in [-0.25, -0.2) is 0 Å². The van der Waals surface area contributed by atoms with Gasteiger partial charge in [0.2, 0.25) is 5.91 Å². The van der Waals surface area contributed by atoms with Gasteiger partial charge in [0.15, 0.2) is 0 Å². The number of hydrogen-bond donors (Lipinski definition) is 3. The minimum absolute atomic E-state index is 0.274. The van der Waals surface area contributed by atoms with Crippen molar-refractivity contribution in [3.8, 4) is 0 Å². The Hall–Kier alpha value is -2.10. The summed E-state index contributed by atoms with van der Waals surface area (Å²) >= 11 is 1.49. The Labute approximate surface area is 199 Å². The van der Waals surface area contributed by atoms with E-state index in [-0.39, 0.29) is 18.5 Å². The van der Waals surface area contributed by atoms with Crippen LogP contribution in [-0.4, -0.2) is 67.0 Å². The van der Waals surface area contributed by atoms with Crippen LogP contribution in [0.15, 0.2) is 29.2 Å². The zero-order valence-electron chi connectivity index (χ0n) is 19.3. The fourth-order valence-corrected chi connectivity index (χ4v) is 5.56. The number of carbonyl (C=O) groups is 3. The van der Waals surface area contributed by atoms with E-state index >= 15 is 0 Å². The van der Waals surface area contributed by atoms with Crippen LogP contribution in [0.1, 0.15) is 45.4 Å². The van der Waals surface area contributed by atoms with Crippen LogP contribution < -0.4 is 15.5 Å². The molecule has 0 saturated carbocycles. The molecule has 2 aliphatic rings. The molecule has 0 radical (unpaired) electrons. The van der Waals surface area contributed by atoms with Gasteiger partial charge in [0, 0.05) is 10.6 Å². The number of hydrogen-bond acceptors (Lipinski definition) is 7. The van der Waals surface area contributed by atoms with Crippen molar-refractivity contribution in [2.75, 3.05) is 36.9 Å². The summed E-state index contributed by atoms with van der Waals surface area (Å²) in [7, 11) is 0. The lowest BCUT2D eigenvalue weighted by molar-refractivity contribution is -0.146. The fraction of sp³-hybridized carbons (Fsp3) is 0.625. The largest absolute Gasteiger partial charge is 0.480 e. The van der Waals surface area contributed by atoms with Crippen LogP contribution in [0, 0.1) is 5.92 Å². The number of aliphatic carboxylic acids is 1. The minimum atomic E-state index is -1.08. The topological polar surface area (TPSA) is 108 Å². The summed E-state index contributed by atoms with van der Waals surface area (Å²) in [5.74, 6) is -0.619. The van der Waals surface area contributed by atoms with Crippen LogP contribution in [0.5, 0.6) is 0 Å². The molecular weight excluding hydrogens is 442 g/mol. The van der Waals surface area contributed by atoms with Gasteiger partial charge in [-0.2, -0.15) is 0 Å². The first kappa shape index (κ1) is 25.5. The number of esters is 1. The van der Waals surface area contributed by atoms with Crippen molar-refractivity contribution in [2.45, 2.75) is 62.4 Å². The molecule has 3 rings (SSSR count). The van der Waals surface area contributed by atoms with E-state index in [1.54, 1.807) is 19.1 Å². The van der Waals surface area contributed by atoms with E-state index in [1.165, 1.54) is 29.5 Å². The molecule has 0 bridgehead atoms. The molecule has 3 N–H and O–H groups in total. The van der Waals surface area contributed by atoms with Crippen LogP contribution in [0.2, 0.25) is 0 Å². The highest BCUT2D eigenvalue weighted by Crippen LogP contribution is 2.34. The molecule has 8 nitrogen and oxygen atoms in total. The lowest BCUT2D eigenvalue weighted by atomic mass is 9.92. The second-order valence-electron chi connectivity index (χ2n) is 8.60. The molecule has 9 heteroatoms. The van der Waals surface area contributed by atoms with E-state index in [9.17, 15) is 19.5 Å². The number of amides is 1.